The Kier molecular flexibility index (Phi) is 2.76. The summed E-state index contributed by atoms with van der Waals surface area (Å²) in [5.74, 6) is 0. The van der Waals surface area contributed by atoms with Gasteiger partial charge in [0.15, 0.2) is 24.0 Å². The van der Waals surface area contributed by atoms with Crippen LogP contribution in [0.3, 0.4) is 0 Å². The summed E-state index contributed by atoms with van der Waals surface area (Å²) in [4.78, 5) is 8.76. The third-order valence-electron chi connectivity index (χ3n) is 4.23. The first-order valence-corrected chi connectivity index (χ1v) is 7.66. The van der Waals surface area contributed by atoms with Crippen LogP contribution in [-0.2, 0) is 0 Å². The Hall–Kier alpha value is -3.40. The normalized spacial score (nSPS) is 11.3. The average Bonchev–Trinajstić information content (AvgIpc) is 3.30. The molecule has 0 bridgehead atoms. The maximum Gasteiger partial charge on any atom is 0.182 e. The smallest absolute Gasteiger partial charge is 0.182 e. The first-order chi connectivity index (χ1) is 11.9. The molecule has 0 unspecified atom stereocenters. The monoisotopic (exact) mass is 312 g/mol. The van der Waals surface area contributed by atoms with E-state index in [-0.39, 0.29) is 0 Å². The topological polar surface area (TPSA) is 52.1 Å². The van der Waals surface area contributed by atoms with Crippen LogP contribution in [0.25, 0.3) is 44.5 Å². The van der Waals surface area contributed by atoms with Crippen molar-refractivity contribution in [3.05, 3.63) is 73.5 Å². The fourth-order valence-electron chi connectivity index (χ4n) is 3.16. The lowest BCUT2D eigenvalue weighted by Gasteiger charge is -2.10. The predicted octanol–water partition coefficient (Wildman–Crippen LogP) is 5.30. The van der Waals surface area contributed by atoms with Crippen molar-refractivity contribution in [2.24, 2.45) is 0 Å². The summed E-state index contributed by atoms with van der Waals surface area (Å²) in [5, 5.41) is 0. The highest BCUT2D eigenvalue weighted by Crippen LogP contribution is 2.37. The van der Waals surface area contributed by atoms with Gasteiger partial charge in [0.05, 0.1) is 0 Å². The van der Waals surface area contributed by atoms with Gasteiger partial charge in [0.1, 0.15) is 11.0 Å². The number of oxazole rings is 2. The zero-order valence-corrected chi connectivity index (χ0v) is 12.6. The van der Waals surface area contributed by atoms with Crippen molar-refractivity contribution in [3.8, 4) is 22.3 Å². The number of fused-ring (bicyclic) bond motifs is 2. The molecule has 4 heteroatoms. The molecule has 0 N–H and O–H groups in total. The van der Waals surface area contributed by atoms with Crippen LogP contribution in [-0.4, -0.2) is 9.97 Å². The molecule has 0 aliphatic carbocycles. The standard InChI is InChI=1S/C20H12N2O2/c1-2-6-14(16-8-4-10-18-20(16)22-12-24-18)13(5-1)15-7-3-9-17-19(15)21-11-23-17/h1-12H. The number of para-hydroxylation sites is 2. The van der Waals surface area contributed by atoms with Crippen molar-refractivity contribution >= 4 is 22.2 Å². The highest BCUT2D eigenvalue weighted by Gasteiger charge is 2.15. The van der Waals surface area contributed by atoms with Crippen LogP contribution >= 0.6 is 0 Å². The fourth-order valence-corrected chi connectivity index (χ4v) is 3.16. The number of aromatic nitrogens is 2. The molecule has 2 heterocycles. The molecule has 4 nitrogen and oxygen atoms in total. The molecule has 0 saturated carbocycles. The molecule has 2 aromatic heterocycles. The van der Waals surface area contributed by atoms with Gasteiger partial charge in [0.2, 0.25) is 0 Å². The average molecular weight is 312 g/mol. The Bertz CT molecular complexity index is 1080. The Morgan fingerprint density at radius 1 is 0.500 bits per heavy atom. The molecule has 5 rings (SSSR count). The van der Waals surface area contributed by atoms with Crippen LogP contribution in [0.4, 0.5) is 0 Å². The van der Waals surface area contributed by atoms with E-state index < -0.39 is 0 Å². The van der Waals surface area contributed by atoms with Crippen LogP contribution in [0.5, 0.6) is 0 Å². The molecule has 0 radical (unpaired) electrons. The minimum absolute atomic E-state index is 0.780. The van der Waals surface area contributed by atoms with E-state index in [1.165, 1.54) is 12.8 Å². The SMILES string of the molecule is c1ccc(-c2cccc3ocnc23)c(-c2cccc3ocnc23)c1. The van der Waals surface area contributed by atoms with Gasteiger partial charge in [-0.2, -0.15) is 0 Å². The molecule has 114 valence electrons. The van der Waals surface area contributed by atoms with Crippen molar-refractivity contribution in [1.29, 1.82) is 0 Å². The summed E-state index contributed by atoms with van der Waals surface area (Å²) < 4.78 is 10.9. The Labute approximate surface area is 137 Å². The van der Waals surface area contributed by atoms with Crippen molar-refractivity contribution in [1.82, 2.24) is 9.97 Å². The van der Waals surface area contributed by atoms with Crippen LogP contribution in [0.2, 0.25) is 0 Å². The number of nitrogens with zero attached hydrogens (tertiary/aromatic N) is 2. The lowest BCUT2D eigenvalue weighted by atomic mass is 9.93. The van der Waals surface area contributed by atoms with Crippen LogP contribution in [0, 0.1) is 0 Å². The van der Waals surface area contributed by atoms with E-state index in [1.54, 1.807) is 0 Å². The predicted molar refractivity (Wildman–Crippen MR) is 92.4 cm³/mol. The van der Waals surface area contributed by atoms with E-state index in [0.29, 0.717) is 0 Å². The van der Waals surface area contributed by atoms with Crippen molar-refractivity contribution in [2.45, 2.75) is 0 Å². The summed E-state index contributed by atoms with van der Waals surface area (Å²) in [5.41, 5.74) is 7.54. The fraction of sp³-hybridized carbons (Fsp3) is 0. The largest absolute Gasteiger partial charge is 0.443 e. The van der Waals surface area contributed by atoms with Crippen LogP contribution in [0.1, 0.15) is 0 Å². The van der Waals surface area contributed by atoms with E-state index in [9.17, 15) is 0 Å². The van der Waals surface area contributed by atoms with Crippen molar-refractivity contribution < 1.29 is 8.83 Å². The summed E-state index contributed by atoms with van der Waals surface area (Å²) in [6.07, 6.45) is 2.96. The van der Waals surface area contributed by atoms with E-state index in [4.69, 9.17) is 8.83 Å². The van der Waals surface area contributed by atoms with Gasteiger partial charge in [0, 0.05) is 11.1 Å². The van der Waals surface area contributed by atoms with Gasteiger partial charge in [-0.1, -0.05) is 48.5 Å². The van der Waals surface area contributed by atoms with E-state index in [2.05, 4.69) is 34.2 Å². The van der Waals surface area contributed by atoms with Gasteiger partial charge < -0.3 is 8.83 Å². The summed E-state index contributed by atoms with van der Waals surface area (Å²) in [6.45, 7) is 0. The highest BCUT2D eigenvalue weighted by molar-refractivity contribution is 6.00. The molecule has 0 amide bonds. The van der Waals surface area contributed by atoms with Crippen LogP contribution < -0.4 is 0 Å². The molecule has 24 heavy (non-hydrogen) atoms. The maximum absolute atomic E-state index is 5.45. The van der Waals surface area contributed by atoms with Crippen molar-refractivity contribution in [2.75, 3.05) is 0 Å². The van der Waals surface area contributed by atoms with Gasteiger partial charge >= 0.3 is 0 Å². The molecule has 0 aliphatic heterocycles. The second-order valence-electron chi connectivity index (χ2n) is 5.55. The lowest BCUT2D eigenvalue weighted by Crippen LogP contribution is -1.87. The van der Waals surface area contributed by atoms with Gasteiger partial charge in [-0.3, -0.25) is 0 Å². The molecule has 5 aromatic rings. The maximum atomic E-state index is 5.45. The third kappa shape index (κ3) is 1.86. The highest BCUT2D eigenvalue weighted by atomic mass is 16.3. The number of hydrogen-bond acceptors (Lipinski definition) is 4. The van der Waals surface area contributed by atoms with Gasteiger partial charge in [-0.15, -0.1) is 0 Å². The number of benzene rings is 3. The molecule has 0 atom stereocenters. The zero-order valence-electron chi connectivity index (χ0n) is 12.6. The van der Waals surface area contributed by atoms with Gasteiger partial charge in [-0.25, -0.2) is 9.97 Å². The summed E-state index contributed by atoms with van der Waals surface area (Å²) in [7, 11) is 0. The third-order valence-corrected chi connectivity index (χ3v) is 4.23. The summed E-state index contributed by atoms with van der Waals surface area (Å²) in [6, 6.07) is 20.2. The minimum atomic E-state index is 0.780. The first kappa shape index (κ1) is 13.1. The minimum Gasteiger partial charge on any atom is -0.443 e. The van der Waals surface area contributed by atoms with E-state index in [1.807, 2.05) is 36.4 Å². The number of hydrogen-bond donors (Lipinski definition) is 0. The first-order valence-electron chi connectivity index (χ1n) is 7.66. The quantitative estimate of drug-likeness (QED) is 0.443. The summed E-state index contributed by atoms with van der Waals surface area (Å²) >= 11 is 0. The second kappa shape index (κ2) is 5.06. The molecule has 0 spiro atoms. The van der Waals surface area contributed by atoms with Gasteiger partial charge in [0.25, 0.3) is 0 Å². The molecule has 3 aromatic carbocycles. The Morgan fingerprint density at radius 2 is 0.958 bits per heavy atom. The van der Waals surface area contributed by atoms with Crippen molar-refractivity contribution in [3.63, 3.8) is 0 Å². The lowest BCUT2D eigenvalue weighted by molar-refractivity contribution is 0.602. The van der Waals surface area contributed by atoms with E-state index in [0.717, 1.165) is 44.5 Å². The molecule has 0 saturated heterocycles. The Balaban J connectivity index is 1.84. The van der Waals surface area contributed by atoms with Crippen LogP contribution in [0.15, 0.2) is 82.3 Å². The molecular formula is C20H12N2O2. The molecule has 0 fully saturated rings. The zero-order chi connectivity index (χ0) is 15.9. The van der Waals surface area contributed by atoms with E-state index >= 15 is 0 Å². The number of rotatable bonds is 2. The molecule has 0 aliphatic rings. The second-order valence-corrected chi connectivity index (χ2v) is 5.55. The van der Waals surface area contributed by atoms with Gasteiger partial charge in [-0.05, 0) is 23.3 Å². The Morgan fingerprint density at radius 3 is 1.46 bits per heavy atom. The molecular weight excluding hydrogens is 300 g/mol.